The lowest BCUT2D eigenvalue weighted by Gasteiger charge is -2.29. The average molecular weight is 478 g/mol. The summed E-state index contributed by atoms with van der Waals surface area (Å²) in [6.07, 6.45) is 0.0516. The maximum Gasteiger partial charge on any atom is 0.338 e. The Kier molecular flexibility index (Phi) is 7.45. The summed E-state index contributed by atoms with van der Waals surface area (Å²) < 4.78 is 10.7. The number of hydrogen-bond acceptors (Lipinski definition) is 6. The van der Waals surface area contributed by atoms with Crippen LogP contribution in [0.4, 0.5) is 4.79 Å². The van der Waals surface area contributed by atoms with E-state index in [1.807, 2.05) is 36.4 Å². The zero-order valence-corrected chi connectivity index (χ0v) is 19.4. The summed E-state index contributed by atoms with van der Waals surface area (Å²) in [7, 11) is 0. The summed E-state index contributed by atoms with van der Waals surface area (Å²) in [6, 6.07) is 17.2. The molecule has 35 heavy (non-hydrogen) atoms. The van der Waals surface area contributed by atoms with Gasteiger partial charge in [-0.15, -0.1) is 0 Å². The van der Waals surface area contributed by atoms with E-state index < -0.39 is 29.9 Å². The largest absolute Gasteiger partial charge is 0.463 e. The van der Waals surface area contributed by atoms with Crippen molar-refractivity contribution in [2.24, 2.45) is 5.92 Å². The summed E-state index contributed by atoms with van der Waals surface area (Å²) in [4.78, 5) is 52.0. The number of amides is 3. The molecule has 0 unspecified atom stereocenters. The van der Waals surface area contributed by atoms with Crippen molar-refractivity contribution in [3.05, 3.63) is 83.1 Å². The van der Waals surface area contributed by atoms with Gasteiger partial charge in [0.1, 0.15) is 6.61 Å². The maximum atomic E-state index is 12.8. The van der Waals surface area contributed by atoms with Crippen molar-refractivity contribution in [2.45, 2.75) is 25.9 Å². The fourth-order valence-corrected chi connectivity index (χ4v) is 4.23. The predicted octanol–water partition coefficient (Wildman–Crippen LogP) is 2.45. The highest BCUT2D eigenvalue weighted by Crippen LogP contribution is 2.28. The topological polar surface area (TPSA) is 114 Å². The molecule has 1 saturated heterocycles. The van der Waals surface area contributed by atoms with Gasteiger partial charge < -0.3 is 25.0 Å². The molecule has 2 atom stereocenters. The zero-order chi connectivity index (χ0) is 24.8. The lowest BCUT2D eigenvalue weighted by molar-refractivity contribution is -0.148. The summed E-state index contributed by atoms with van der Waals surface area (Å²) in [5.74, 6) is -1.93. The first kappa shape index (κ1) is 24.0. The Bertz CT molecular complexity index is 1130. The number of esters is 2. The number of hydrogen-bond donors (Lipinski definition) is 2. The summed E-state index contributed by atoms with van der Waals surface area (Å²) >= 11 is 0. The Balaban J connectivity index is 1.48. The van der Waals surface area contributed by atoms with Crippen LogP contribution in [-0.2, 0) is 30.4 Å². The van der Waals surface area contributed by atoms with Crippen molar-refractivity contribution in [1.82, 2.24) is 15.5 Å². The van der Waals surface area contributed by atoms with Crippen LogP contribution in [0, 0.1) is 5.92 Å². The molecule has 0 aromatic heterocycles. The number of nitrogens with zero attached hydrogens (tertiary/aromatic N) is 1. The van der Waals surface area contributed by atoms with Gasteiger partial charge in [-0.25, -0.2) is 9.59 Å². The van der Waals surface area contributed by atoms with E-state index in [4.69, 9.17) is 9.47 Å². The predicted molar refractivity (Wildman–Crippen MR) is 125 cm³/mol. The molecular weight excluding hydrogens is 450 g/mol. The Labute approximate surface area is 203 Å². The number of nitrogens with one attached hydrogen (secondary N) is 2. The SMILES string of the molecule is CCOC(=O)C1=C(COC(=O)[C@@H]2CC(=O)N(Cc3ccccc3)C2)NC(=O)N[C@@H]1c1ccccc1. The van der Waals surface area contributed by atoms with E-state index in [1.54, 1.807) is 36.1 Å². The van der Waals surface area contributed by atoms with Crippen LogP contribution in [0.1, 0.15) is 30.5 Å². The number of carbonyl (C=O) groups excluding carboxylic acids is 4. The second kappa shape index (κ2) is 10.9. The van der Waals surface area contributed by atoms with Gasteiger partial charge in [0.15, 0.2) is 0 Å². The average Bonchev–Trinajstić information content (AvgIpc) is 3.23. The van der Waals surface area contributed by atoms with Crippen molar-refractivity contribution in [3.8, 4) is 0 Å². The van der Waals surface area contributed by atoms with E-state index in [-0.39, 0.29) is 43.4 Å². The fourth-order valence-electron chi connectivity index (χ4n) is 4.23. The lowest BCUT2D eigenvalue weighted by atomic mass is 9.95. The molecule has 1 fully saturated rings. The number of urea groups is 1. The summed E-state index contributed by atoms with van der Waals surface area (Å²) in [6.45, 7) is 2.17. The van der Waals surface area contributed by atoms with E-state index in [1.165, 1.54) is 0 Å². The molecule has 2 aromatic rings. The molecule has 2 aliphatic rings. The fraction of sp³-hybridized carbons (Fsp3) is 0.308. The van der Waals surface area contributed by atoms with Crippen molar-refractivity contribution in [1.29, 1.82) is 0 Å². The van der Waals surface area contributed by atoms with Gasteiger partial charge in [-0.05, 0) is 18.1 Å². The van der Waals surface area contributed by atoms with Gasteiger partial charge >= 0.3 is 18.0 Å². The molecule has 182 valence electrons. The molecule has 9 nitrogen and oxygen atoms in total. The first-order chi connectivity index (χ1) is 17.0. The minimum Gasteiger partial charge on any atom is -0.463 e. The van der Waals surface area contributed by atoms with Crippen LogP contribution in [0.15, 0.2) is 71.9 Å². The zero-order valence-electron chi connectivity index (χ0n) is 19.4. The van der Waals surface area contributed by atoms with Crippen LogP contribution < -0.4 is 10.6 Å². The minimum atomic E-state index is -0.757. The van der Waals surface area contributed by atoms with E-state index in [9.17, 15) is 19.2 Å². The van der Waals surface area contributed by atoms with Gasteiger partial charge in [-0.3, -0.25) is 9.59 Å². The highest BCUT2D eigenvalue weighted by atomic mass is 16.5. The van der Waals surface area contributed by atoms with Gasteiger partial charge in [-0.2, -0.15) is 0 Å². The van der Waals surface area contributed by atoms with Gasteiger partial charge in [-0.1, -0.05) is 60.7 Å². The van der Waals surface area contributed by atoms with E-state index in [0.29, 0.717) is 12.1 Å². The van der Waals surface area contributed by atoms with Crippen LogP contribution >= 0.6 is 0 Å². The molecular formula is C26H27N3O6. The van der Waals surface area contributed by atoms with Crippen molar-refractivity contribution in [2.75, 3.05) is 19.8 Å². The standard InChI is InChI=1S/C26H27N3O6/c1-2-34-25(32)22-20(27-26(33)28-23(22)18-11-7-4-8-12-18)16-35-24(31)19-13-21(30)29(15-19)14-17-9-5-3-6-10-17/h3-12,19,23H,2,13-16H2,1H3,(H2,27,28,33)/t19-,23-/m1/s1. The van der Waals surface area contributed by atoms with Crippen molar-refractivity contribution < 1.29 is 28.7 Å². The monoisotopic (exact) mass is 477 g/mol. The lowest BCUT2D eigenvalue weighted by Crippen LogP contribution is -2.47. The number of ether oxygens (including phenoxy) is 2. The van der Waals surface area contributed by atoms with Crippen LogP contribution in [0.3, 0.4) is 0 Å². The van der Waals surface area contributed by atoms with Crippen molar-refractivity contribution >= 4 is 23.9 Å². The molecule has 0 spiro atoms. The molecule has 2 aromatic carbocycles. The highest BCUT2D eigenvalue weighted by molar-refractivity contribution is 5.95. The quantitative estimate of drug-likeness (QED) is 0.565. The first-order valence-electron chi connectivity index (χ1n) is 11.5. The normalized spacial score (nSPS) is 19.7. The maximum absolute atomic E-state index is 12.8. The third-order valence-electron chi connectivity index (χ3n) is 5.90. The van der Waals surface area contributed by atoms with Gasteiger partial charge in [0, 0.05) is 19.5 Å². The molecule has 0 radical (unpaired) electrons. The van der Waals surface area contributed by atoms with Gasteiger partial charge in [0.2, 0.25) is 5.91 Å². The molecule has 0 bridgehead atoms. The second-order valence-corrected chi connectivity index (χ2v) is 8.32. The van der Waals surface area contributed by atoms with E-state index >= 15 is 0 Å². The van der Waals surface area contributed by atoms with Gasteiger partial charge in [0.05, 0.1) is 29.8 Å². The van der Waals surface area contributed by atoms with Crippen molar-refractivity contribution in [3.63, 3.8) is 0 Å². The van der Waals surface area contributed by atoms with Crippen LogP contribution in [0.25, 0.3) is 0 Å². The second-order valence-electron chi connectivity index (χ2n) is 8.32. The third-order valence-corrected chi connectivity index (χ3v) is 5.90. The molecule has 0 aliphatic carbocycles. The van der Waals surface area contributed by atoms with Gasteiger partial charge in [0.25, 0.3) is 0 Å². The van der Waals surface area contributed by atoms with Crippen LogP contribution in [-0.4, -0.2) is 48.5 Å². The first-order valence-corrected chi connectivity index (χ1v) is 11.5. The molecule has 2 N–H and O–H groups in total. The summed E-state index contributed by atoms with van der Waals surface area (Å²) in [5.41, 5.74) is 1.98. The van der Waals surface area contributed by atoms with E-state index in [0.717, 1.165) is 5.56 Å². The molecule has 2 aliphatic heterocycles. The Morgan fingerprint density at radius 1 is 1.00 bits per heavy atom. The third kappa shape index (κ3) is 5.68. The molecule has 2 heterocycles. The molecule has 4 rings (SSSR count). The van der Waals surface area contributed by atoms with Crippen LogP contribution in [0.2, 0.25) is 0 Å². The number of carbonyl (C=O) groups is 4. The summed E-state index contributed by atoms with van der Waals surface area (Å²) in [5, 5.41) is 5.30. The molecule has 3 amide bonds. The Morgan fingerprint density at radius 2 is 1.69 bits per heavy atom. The Morgan fingerprint density at radius 3 is 2.37 bits per heavy atom. The molecule has 0 saturated carbocycles. The molecule has 9 heteroatoms. The highest BCUT2D eigenvalue weighted by Gasteiger charge is 2.37. The number of likely N-dealkylation sites (tertiary alicyclic amines) is 1. The number of rotatable bonds is 8. The number of benzene rings is 2. The minimum absolute atomic E-state index is 0.0516. The smallest absolute Gasteiger partial charge is 0.338 e. The Hall–Kier alpha value is -4.14. The van der Waals surface area contributed by atoms with E-state index in [2.05, 4.69) is 10.6 Å². The van der Waals surface area contributed by atoms with Crippen LogP contribution in [0.5, 0.6) is 0 Å².